The fourth-order valence-electron chi connectivity index (χ4n) is 3.17. The van der Waals surface area contributed by atoms with E-state index in [4.69, 9.17) is 11.6 Å². The Balaban J connectivity index is 1.57. The molecule has 0 unspecified atom stereocenters. The first-order valence-electron chi connectivity index (χ1n) is 7.89. The standard InChI is InChI=1S/C16H22ClN3O/c17-12-6-9-15(18-10-12)19-16(21)11-20(14-7-8-14)13-4-2-1-3-5-13/h6,9-10,13-14H,1-5,7-8,11H2,(H,18,19,21). The lowest BCUT2D eigenvalue weighted by atomic mass is 9.94. The highest BCUT2D eigenvalue weighted by Gasteiger charge is 2.35. The number of rotatable bonds is 5. The summed E-state index contributed by atoms with van der Waals surface area (Å²) in [5.41, 5.74) is 0. The Labute approximate surface area is 130 Å². The van der Waals surface area contributed by atoms with Gasteiger partial charge in [-0.25, -0.2) is 4.98 Å². The number of hydrogen-bond donors (Lipinski definition) is 1. The molecular formula is C16H22ClN3O. The zero-order valence-corrected chi connectivity index (χ0v) is 13.0. The SMILES string of the molecule is O=C(CN(C1CCCCC1)C1CC1)Nc1ccc(Cl)cn1. The summed E-state index contributed by atoms with van der Waals surface area (Å²) >= 11 is 5.80. The molecule has 5 heteroatoms. The van der Waals surface area contributed by atoms with Crippen molar-refractivity contribution >= 4 is 23.3 Å². The lowest BCUT2D eigenvalue weighted by Crippen LogP contribution is -2.43. The predicted octanol–water partition coefficient (Wildman–Crippen LogP) is 3.47. The van der Waals surface area contributed by atoms with Crippen LogP contribution in [0.15, 0.2) is 18.3 Å². The van der Waals surface area contributed by atoms with E-state index in [0.29, 0.717) is 29.5 Å². The highest BCUT2D eigenvalue weighted by Crippen LogP contribution is 2.33. The summed E-state index contributed by atoms with van der Waals surface area (Å²) in [6, 6.07) is 4.69. The van der Waals surface area contributed by atoms with Gasteiger partial charge in [0.05, 0.1) is 11.6 Å². The van der Waals surface area contributed by atoms with E-state index in [-0.39, 0.29) is 5.91 Å². The van der Waals surface area contributed by atoms with Gasteiger partial charge in [0.1, 0.15) is 5.82 Å². The molecule has 0 radical (unpaired) electrons. The van der Waals surface area contributed by atoms with Gasteiger partial charge in [-0.1, -0.05) is 30.9 Å². The van der Waals surface area contributed by atoms with Crippen molar-refractivity contribution in [3.8, 4) is 0 Å². The third-order valence-corrected chi connectivity index (χ3v) is 4.60. The number of anilines is 1. The number of hydrogen-bond acceptors (Lipinski definition) is 3. The highest BCUT2D eigenvalue weighted by molar-refractivity contribution is 6.30. The lowest BCUT2D eigenvalue weighted by Gasteiger charge is -2.33. The first-order chi connectivity index (χ1) is 10.2. The number of halogens is 1. The van der Waals surface area contributed by atoms with Crippen LogP contribution in [0.5, 0.6) is 0 Å². The van der Waals surface area contributed by atoms with Gasteiger partial charge in [0.15, 0.2) is 0 Å². The average molecular weight is 308 g/mol. The molecule has 2 aliphatic rings. The normalized spacial score (nSPS) is 19.7. The molecule has 1 aromatic rings. The van der Waals surface area contributed by atoms with Gasteiger partial charge in [0.25, 0.3) is 0 Å². The molecule has 1 amide bonds. The summed E-state index contributed by atoms with van der Waals surface area (Å²) < 4.78 is 0. The van der Waals surface area contributed by atoms with Gasteiger partial charge < -0.3 is 5.32 Å². The fourth-order valence-corrected chi connectivity index (χ4v) is 3.28. The molecule has 2 saturated carbocycles. The summed E-state index contributed by atoms with van der Waals surface area (Å²) in [6.07, 6.45) is 10.5. The van der Waals surface area contributed by atoms with Crippen molar-refractivity contribution in [3.63, 3.8) is 0 Å². The second kappa shape index (κ2) is 6.75. The Bertz CT molecular complexity index is 481. The minimum absolute atomic E-state index is 0.0299. The van der Waals surface area contributed by atoms with Gasteiger partial charge in [-0.05, 0) is 37.8 Å². The number of carbonyl (C=O) groups is 1. The van der Waals surface area contributed by atoms with Gasteiger partial charge in [0, 0.05) is 18.3 Å². The number of carbonyl (C=O) groups excluding carboxylic acids is 1. The first kappa shape index (κ1) is 14.8. The Morgan fingerprint density at radius 3 is 2.52 bits per heavy atom. The summed E-state index contributed by atoms with van der Waals surface area (Å²) in [4.78, 5) is 18.8. The molecule has 0 saturated heterocycles. The maximum atomic E-state index is 12.3. The van der Waals surface area contributed by atoms with E-state index in [9.17, 15) is 4.79 Å². The predicted molar refractivity (Wildman–Crippen MR) is 84.5 cm³/mol. The Kier molecular flexibility index (Phi) is 4.76. The second-order valence-corrected chi connectivity index (χ2v) is 6.54. The van der Waals surface area contributed by atoms with Gasteiger partial charge >= 0.3 is 0 Å². The quantitative estimate of drug-likeness (QED) is 0.906. The number of amides is 1. The minimum atomic E-state index is 0.0299. The van der Waals surface area contributed by atoms with E-state index in [2.05, 4.69) is 15.2 Å². The van der Waals surface area contributed by atoms with E-state index in [1.807, 2.05) is 0 Å². The Morgan fingerprint density at radius 2 is 1.90 bits per heavy atom. The summed E-state index contributed by atoms with van der Waals surface area (Å²) in [5.74, 6) is 0.603. The van der Waals surface area contributed by atoms with Crippen LogP contribution >= 0.6 is 11.6 Å². The molecule has 0 atom stereocenters. The van der Waals surface area contributed by atoms with E-state index in [0.717, 1.165) is 0 Å². The van der Waals surface area contributed by atoms with Crippen LogP contribution in [0.3, 0.4) is 0 Å². The van der Waals surface area contributed by atoms with E-state index >= 15 is 0 Å². The van der Waals surface area contributed by atoms with Crippen molar-refractivity contribution in [2.75, 3.05) is 11.9 Å². The fraction of sp³-hybridized carbons (Fsp3) is 0.625. The molecule has 0 aliphatic heterocycles. The van der Waals surface area contributed by atoms with E-state index < -0.39 is 0 Å². The molecule has 114 valence electrons. The zero-order valence-electron chi connectivity index (χ0n) is 12.2. The molecule has 2 fully saturated rings. The molecule has 3 rings (SSSR count). The Hall–Kier alpha value is -1.13. The van der Waals surface area contributed by atoms with Crippen LogP contribution < -0.4 is 5.32 Å². The van der Waals surface area contributed by atoms with Crippen LogP contribution in [0, 0.1) is 0 Å². The van der Waals surface area contributed by atoms with Gasteiger partial charge in [-0.2, -0.15) is 0 Å². The lowest BCUT2D eigenvalue weighted by molar-refractivity contribution is -0.118. The zero-order chi connectivity index (χ0) is 14.7. The molecule has 1 N–H and O–H groups in total. The van der Waals surface area contributed by atoms with Crippen LogP contribution in [0.1, 0.15) is 44.9 Å². The van der Waals surface area contributed by atoms with Crippen molar-refractivity contribution < 1.29 is 4.79 Å². The van der Waals surface area contributed by atoms with Crippen molar-refractivity contribution in [3.05, 3.63) is 23.4 Å². The van der Waals surface area contributed by atoms with Gasteiger partial charge in [-0.15, -0.1) is 0 Å². The number of aromatic nitrogens is 1. The van der Waals surface area contributed by atoms with Crippen LogP contribution in [0.2, 0.25) is 5.02 Å². The molecule has 4 nitrogen and oxygen atoms in total. The van der Waals surface area contributed by atoms with Gasteiger partial charge in [0.2, 0.25) is 5.91 Å². The maximum Gasteiger partial charge on any atom is 0.239 e. The number of nitrogens with one attached hydrogen (secondary N) is 1. The van der Waals surface area contributed by atoms with Crippen LogP contribution in [0.4, 0.5) is 5.82 Å². The van der Waals surface area contributed by atoms with Crippen LogP contribution in [0.25, 0.3) is 0 Å². The molecule has 1 aromatic heterocycles. The smallest absolute Gasteiger partial charge is 0.239 e. The second-order valence-electron chi connectivity index (χ2n) is 6.11. The number of pyridine rings is 1. The molecule has 0 aromatic carbocycles. The monoisotopic (exact) mass is 307 g/mol. The largest absolute Gasteiger partial charge is 0.310 e. The number of nitrogens with zero attached hydrogens (tertiary/aromatic N) is 2. The maximum absolute atomic E-state index is 12.3. The van der Waals surface area contributed by atoms with Crippen molar-refractivity contribution in [1.82, 2.24) is 9.88 Å². The van der Waals surface area contributed by atoms with Crippen LogP contribution in [-0.2, 0) is 4.79 Å². The van der Waals surface area contributed by atoms with E-state index in [1.165, 1.54) is 44.9 Å². The average Bonchev–Trinajstić information content (AvgIpc) is 3.33. The van der Waals surface area contributed by atoms with Crippen LogP contribution in [-0.4, -0.2) is 34.4 Å². The van der Waals surface area contributed by atoms with Gasteiger partial charge in [-0.3, -0.25) is 9.69 Å². The summed E-state index contributed by atoms with van der Waals surface area (Å²) in [5, 5.41) is 3.45. The third kappa shape index (κ3) is 4.17. The molecule has 0 spiro atoms. The molecular weight excluding hydrogens is 286 g/mol. The molecule has 1 heterocycles. The van der Waals surface area contributed by atoms with Crippen molar-refractivity contribution in [1.29, 1.82) is 0 Å². The van der Waals surface area contributed by atoms with E-state index in [1.54, 1.807) is 18.3 Å². The minimum Gasteiger partial charge on any atom is -0.310 e. The third-order valence-electron chi connectivity index (χ3n) is 4.38. The first-order valence-corrected chi connectivity index (χ1v) is 8.27. The highest BCUT2D eigenvalue weighted by atomic mass is 35.5. The molecule has 21 heavy (non-hydrogen) atoms. The summed E-state index contributed by atoms with van der Waals surface area (Å²) in [7, 11) is 0. The van der Waals surface area contributed by atoms with Crippen molar-refractivity contribution in [2.24, 2.45) is 0 Å². The Morgan fingerprint density at radius 1 is 1.19 bits per heavy atom. The molecule has 2 aliphatic carbocycles. The summed E-state index contributed by atoms with van der Waals surface area (Å²) in [6.45, 7) is 0.486. The molecule has 0 bridgehead atoms. The van der Waals surface area contributed by atoms with Crippen molar-refractivity contribution in [2.45, 2.75) is 57.0 Å². The topological polar surface area (TPSA) is 45.2 Å².